The van der Waals surface area contributed by atoms with Crippen LogP contribution in [0.15, 0.2) is 0 Å². The molecule has 0 amide bonds. The van der Waals surface area contributed by atoms with E-state index in [1.165, 1.54) is 6.42 Å². The predicted octanol–water partition coefficient (Wildman–Crippen LogP) is 4.01. The Morgan fingerprint density at radius 3 is 2.20 bits per heavy atom. The molecule has 0 aliphatic carbocycles. The number of esters is 2. The lowest BCUT2D eigenvalue weighted by atomic mass is 10.1. The van der Waals surface area contributed by atoms with Gasteiger partial charge in [-0.05, 0) is 19.3 Å². The van der Waals surface area contributed by atoms with Crippen LogP contribution in [0.2, 0.25) is 0 Å². The molecule has 0 bridgehead atoms. The van der Waals surface area contributed by atoms with Crippen molar-refractivity contribution in [3.63, 3.8) is 0 Å². The summed E-state index contributed by atoms with van der Waals surface area (Å²) in [7, 11) is 0. The van der Waals surface area contributed by atoms with Crippen LogP contribution in [-0.4, -0.2) is 24.6 Å². The number of rotatable bonds is 12. The number of carbonyl (C=O) groups excluding carboxylic acids is 2. The number of hydrogen-bond acceptors (Lipinski definition) is 4. The Morgan fingerprint density at radius 1 is 0.900 bits per heavy atom. The molecule has 0 aromatic carbocycles. The minimum absolute atomic E-state index is 0.0161. The summed E-state index contributed by atoms with van der Waals surface area (Å²) in [4.78, 5) is 23.0. The lowest BCUT2D eigenvalue weighted by Crippen LogP contribution is -2.18. The SMILES string of the molecule is CCCCCCOC(=O)CCC(=O)OC(CC)CCC. The van der Waals surface area contributed by atoms with Gasteiger partial charge in [0.25, 0.3) is 0 Å². The van der Waals surface area contributed by atoms with E-state index in [0.717, 1.165) is 38.5 Å². The molecule has 0 heterocycles. The molecule has 4 heteroatoms. The molecule has 0 aliphatic heterocycles. The molecule has 0 spiro atoms. The maximum absolute atomic E-state index is 11.6. The zero-order valence-electron chi connectivity index (χ0n) is 13.3. The van der Waals surface area contributed by atoms with Gasteiger partial charge < -0.3 is 9.47 Å². The zero-order valence-corrected chi connectivity index (χ0v) is 13.3. The van der Waals surface area contributed by atoms with Crippen molar-refractivity contribution in [2.24, 2.45) is 0 Å². The summed E-state index contributed by atoms with van der Waals surface area (Å²) in [6, 6.07) is 0. The van der Waals surface area contributed by atoms with E-state index in [1.807, 2.05) is 6.92 Å². The van der Waals surface area contributed by atoms with Gasteiger partial charge in [0.05, 0.1) is 19.4 Å². The van der Waals surface area contributed by atoms with Gasteiger partial charge in [-0.1, -0.05) is 46.5 Å². The van der Waals surface area contributed by atoms with Gasteiger partial charge in [-0.15, -0.1) is 0 Å². The summed E-state index contributed by atoms with van der Waals surface area (Å²) in [6.45, 7) is 6.66. The van der Waals surface area contributed by atoms with Crippen LogP contribution >= 0.6 is 0 Å². The number of unbranched alkanes of at least 4 members (excludes halogenated alkanes) is 3. The van der Waals surface area contributed by atoms with Crippen LogP contribution in [0.3, 0.4) is 0 Å². The molecule has 0 rings (SSSR count). The Labute approximate surface area is 123 Å². The van der Waals surface area contributed by atoms with E-state index in [-0.39, 0.29) is 30.9 Å². The van der Waals surface area contributed by atoms with E-state index >= 15 is 0 Å². The minimum Gasteiger partial charge on any atom is -0.466 e. The molecule has 20 heavy (non-hydrogen) atoms. The lowest BCUT2D eigenvalue weighted by molar-refractivity contribution is -0.154. The second-order valence-corrected chi connectivity index (χ2v) is 5.09. The highest BCUT2D eigenvalue weighted by molar-refractivity contribution is 5.77. The number of carbonyl (C=O) groups is 2. The molecule has 118 valence electrons. The van der Waals surface area contributed by atoms with Gasteiger partial charge in [0.1, 0.15) is 6.10 Å². The van der Waals surface area contributed by atoms with Gasteiger partial charge in [0, 0.05) is 0 Å². The van der Waals surface area contributed by atoms with Crippen LogP contribution in [0.5, 0.6) is 0 Å². The fraction of sp³-hybridized carbons (Fsp3) is 0.875. The maximum atomic E-state index is 11.6. The fourth-order valence-corrected chi connectivity index (χ4v) is 1.90. The van der Waals surface area contributed by atoms with Crippen molar-refractivity contribution >= 4 is 11.9 Å². The average Bonchev–Trinajstić information content (AvgIpc) is 2.44. The molecule has 0 N–H and O–H groups in total. The summed E-state index contributed by atoms with van der Waals surface area (Å²) in [5.41, 5.74) is 0. The summed E-state index contributed by atoms with van der Waals surface area (Å²) < 4.78 is 10.4. The van der Waals surface area contributed by atoms with Crippen LogP contribution in [0.4, 0.5) is 0 Å². The van der Waals surface area contributed by atoms with E-state index in [2.05, 4.69) is 13.8 Å². The van der Waals surface area contributed by atoms with E-state index in [4.69, 9.17) is 9.47 Å². The first-order valence-electron chi connectivity index (χ1n) is 7.99. The lowest BCUT2D eigenvalue weighted by Gasteiger charge is -2.14. The van der Waals surface area contributed by atoms with Gasteiger partial charge in [0.15, 0.2) is 0 Å². The van der Waals surface area contributed by atoms with Gasteiger partial charge in [0.2, 0.25) is 0 Å². The van der Waals surface area contributed by atoms with Gasteiger partial charge in [-0.25, -0.2) is 0 Å². The standard InChI is InChI=1S/C16H30O4/c1-4-7-8-9-13-19-15(17)11-12-16(18)20-14(6-3)10-5-2/h14H,4-13H2,1-3H3. The Kier molecular flexibility index (Phi) is 12.3. The summed E-state index contributed by atoms with van der Waals surface area (Å²) in [5, 5.41) is 0. The van der Waals surface area contributed by atoms with Crippen molar-refractivity contribution in [2.75, 3.05) is 6.61 Å². The van der Waals surface area contributed by atoms with Crippen LogP contribution in [0.25, 0.3) is 0 Å². The zero-order chi connectivity index (χ0) is 15.2. The molecular formula is C16H30O4. The van der Waals surface area contributed by atoms with Gasteiger partial charge in [-0.2, -0.15) is 0 Å². The number of hydrogen-bond donors (Lipinski definition) is 0. The highest BCUT2D eigenvalue weighted by Crippen LogP contribution is 2.09. The quantitative estimate of drug-likeness (QED) is 0.402. The maximum Gasteiger partial charge on any atom is 0.306 e. The smallest absolute Gasteiger partial charge is 0.306 e. The van der Waals surface area contributed by atoms with Crippen molar-refractivity contribution in [2.45, 2.75) is 84.7 Å². The fourth-order valence-electron chi connectivity index (χ4n) is 1.90. The molecular weight excluding hydrogens is 256 g/mol. The normalized spacial score (nSPS) is 11.9. The van der Waals surface area contributed by atoms with Crippen molar-refractivity contribution < 1.29 is 19.1 Å². The first-order valence-corrected chi connectivity index (χ1v) is 7.99. The van der Waals surface area contributed by atoms with Crippen molar-refractivity contribution in [3.8, 4) is 0 Å². The van der Waals surface area contributed by atoms with Crippen LogP contribution < -0.4 is 0 Å². The summed E-state index contributed by atoms with van der Waals surface area (Å²) in [6.07, 6.45) is 7.23. The van der Waals surface area contributed by atoms with Crippen molar-refractivity contribution in [1.82, 2.24) is 0 Å². The molecule has 0 aromatic rings. The molecule has 0 aliphatic rings. The monoisotopic (exact) mass is 286 g/mol. The van der Waals surface area contributed by atoms with Gasteiger partial charge >= 0.3 is 11.9 Å². The molecule has 0 fully saturated rings. The average molecular weight is 286 g/mol. The second-order valence-electron chi connectivity index (χ2n) is 5.09. The molecule has 1 atom stereocenters. The highest BCUT2D eigenvalue weighted by atomic mass is 16.5. The third-order valence-electron chi connectivity index (χ3n) is 3.16. The predicted molar refractivity (Wildman–Crippen MR) is 79.4 cm³/mol. The molecule has 1 unspecified atom stereocenters. The van der Waals surface area contributed by atoms with Crippen molar-refractivity contribution in [1.29, 1.82) is 0 Å². The van der Waals surface area contributed by atoms with Crippen LogP contribution in [0.1, 0.15) is 78.6 Å². The summed E-state index contributed by atoms with van der Waals surface area (Å²) in [5.74, 6) is -0.602. The van der Waals surface area contributed by atoms with Crippen LogP contribution in [-0.2, 0) is 19.1 Å². The molecule has 0 saturated carbocycles. The van der Waals surface area contributed by atoms with E-state index in [1.54, 1.807) is 0 Å². The first-order chi connectivity index (χ1) is 9.63. The van der Waals surface area contributed by atoms with E-state index < -0.39 is 0 Å². The Balaban J connectivity index is 3.64. The first kappa shape index (κ1) is 18.9. The highest BCUT2D eigenvalue weighted by Gasteiger charge is 2.13. The summed E-state index contributed by atoms with van der Waals surface area (Å²) >= 11 is 0. The molecule has 0 aromatic heterocycles. The Bertz CT molecular complexity index is 263. The molecule has 0 saturated heterocycles. The molecule has 0 radical (unpaired) electrons. The Morgan fingerprint density at radius 2 is 1.60 bits per heavy atom. The minimum atomic E-state index is -0.304. The van der Waals surface area contributed by atoms with E-state index in [9.17, 15) is 9.59 Å². The molecule has 4 nitrogen and oxygen atoms in total. The largest absolute Gasteiger partial charge is 0.466 e. The topological polar surface area (TPSA) is 52.6 Å². The third-order valence-corrected chi connectivity index (χ3v) is 3.16. The third kappa shape index (κ3) is 10.8. The van der Waals surface area contributed by atoms with Crippen molar-refractivity contribution in [3.05, 3.63) is 0 Å². The van der Waals surface area contributed by atoms with E-state index in [0.29, 0.717) is 6.61 Å². The number of ether oxygens (including phenoxy) is 2. The second kappa shape index (κ2) is 12.9. The Hall–Kier alpha value is -1.06. The van der Waals surface area contributed by atoms with Gasteiger partial charge in [-0.3, -0.25) is 9.59 Å². The van der Waals surface area contributed by atoms with Crippen LogP contribution in [0, 0.1) is 0 Å².